The summed E-state index contributed by atoms with van der Waals surface area (Å²) in [6.45, 7) is 7.53. The van der Waals surface area contributed by atoms with Crippen LogP contribution in [0.15, 0.2) is 48.5 Å². The molecule has 0 aromatic heterocycles. The van der Waals surface area contributed by atoms with Crippen LogP contribution in [-0.2, 0) is 32.4 Å². The van der Waals surface area contributed by atoms with Crippen LogP contribution in [0.1, 0.15) is 80.3 Å². The van der Waals surface area contributed by atoms with Crippen LogP contribution in [0.4, 0.5) is 11.4 Å². The highest BCUT2D eigenvalue weighted by Gasteiger charge is 2.41. The Hall–Kier alpha value is -5.02. The molecule has 2 heterocycles. The highest BCUT2D eigenvalue weighted by molar-refractivity contribution is 6.32. The summed E-state index contributed by atoms with van der Waals surface area (Å²) >= 11 is 12.8. The second kappa shape index (κ2) is 13.7. The molecule has 4 amide bonds. The molecule has 0 saturated carbocycles. The van der Waals surface area contributed by atoms with Crippen LogP contribution in [0.2, 0.25) is 10.0 Å². The van der Waals surface area contributed by atoms with E-state index in [9.17, 15) is 39.0 Å². The van der Waals surface area contributed by atoms with Gasteiger partial charge in [-0.2, -0.15) is 0 Å². The number of benzene rings is 3. The Balaban J connectivity index is 1.34. The topological polar surface area (TPSA) is 192 Å². The zero-order chi connectivity index (χ0) is 36.7. The molecule has 2 fully saturated rings. The SMILES string of the molecule is CC1(C)CON(Cc2ccc(NC(=O)c3cc(C(=O)O)c(C(=O)Nc4ccc(CN5OCC(C)(C)C5=O)c(Cl)c4)cc3C(=O)O)cc2Cl)C1=O. The lowest BCUT2D eigenvalue weighted by Crippen LogP contribution is -2.30. The fourth-order valence-electron chi connectivity index (χ4n) is 5.17. The maximum Gasteiger partial charge on any atom is 0.336 e. The van der Waals surface area contributed by atoms with Gasteiger partial charge < -0.3 is 20.8 Å². The number of hydrogen-bond donors (Lipinski definition) is 4. The lowest BCUT2D eigenvalue weighted by atomic mass is 9.95. The van der Waals surface area contributed by atoms with Gasteiger partial charge in [0.1, 0.15) is 0 Å². The van der Waals surface area contributed by atoms with Crippen LogP contribution < -0.4 is 10.6 Å². The lowest BCUT2D eigenvalue weighted by molar-refractivity contribution is -0.165. The molecule has 3 aromatic rings. The average Bonchev–Trinajstić information content (AvgIpc) is 3.45. The number of halogens is 2. The largest absolute Gasteiger partial charge is 0.478 e. The van der Waals surface area contributed by atoms with Crippen LogP contribution in [0, 0.1) is 10.8 Å². The van der Waals surface area contributed by atoms with Crippen molar-refractivity contribution in [3.63, 3.8) is 0 Å². The van der Waals surface area contributed by atoms with Crippen LogP contribution in [0.3, 0.4) is 0 Å². The third kappa shape index (κ3) is 7.43. The van der Waals surface area contributed by atoms with E-state index in [0.717, 1.165) is 12.1 Å². The Bertz CT molecular complexity index is 1820. The fraction of sp³-hybridized carbons (Fsp3) is 0.294. The minimum atomic E-state index is -1.60. The number of hydrogen-bond acceptors (Lipinski definition) is 8. The number of amides is 4. The van der Waals surface area contributed by atoms with Gasteiger partial charge >= 0.3 is 11.9 Å². The summed E-state index contributed by atoms with van der Waals surface area (Å²) < 4.78 is 0. The van der Waals surface area contributed by atoms with Gasteiger partial charge in [0.15, 0.2) is 0 Å². The molecule has 0 spiro atoms. The van der Waals surface area contributed by atoms with Gasteiger partial charge in [0.05, 0.1) is 59.4 Å². The van der Waals surface area contributed by atoms with Crippen molar-refractivity contribution >= 4 is 70.1 Å². The summed E-state index contributed by atoms with van der Waals surface area (Å²) in [7, 11) is 0. The number of carbonyl (C=O) groups excluding carboxylic acids is 4. The first-order chi connectivity index (χ1) is 23.4. The first kappa shape index (κ1) is 36.3. The summed E-state index contributed by atoms with van der Waals surface area (Å²) in [6, 6.07) is 10.4. The zero-order valence-electron chi connectivity index (χ0n) is 27.3. The molecule has 0 atom stereocenters. The molecule has 262 valence electrons. The molecular weight excluding hydrogens is 695 g/mol. The lowest BCUT2D eigenvalue weighted by Gasteiger charge is -2.18. The molecule has 0 aliphatic carbocycles. The molecule has 3 aromatic carbocycles. The van der Waals surface area contributed by atoms with Gasteiger partial charge in [0.25, 0.3) is 23.6 Å². The van der Waals surface area contributed by atoms with E-state index >= 15 is 0 Å². The van der Waals surface area contributed by atoms with Crippen molar-refractivity contribution < 1.29 is 48.7 Å². The Kier molecular flexibility index (Phi) is 9.94. The minimum Gasteiger partial charge on any atom is -0.478 e. The summed E-state index contributed by atoms with van der Waals surface area (Å²) in [6.07, 6.45) is 0. The summed E-state index contributed by atoms with van der Waals surface area (Å²) in [5.41, 5.74) is -2.37. The van der Waals surface area contributed by atoms with Crippen LogP contribution in [0.5, 0.6) is 0 Å². The highest BCUT2D eigenvalue weighted by atomic mass is 35.5. The fourth-order valence-corrected chi connectivity index (χ4v) is 5.65. The zero-order valence-corrected chi connectivity index (χ0v) is 28.8. The van der Waals surface area contributed by atoms with Gasteiger partial charge in [0.2, 0.25) is 0 Å². The van der Waals surface area contributed by atoms with E-state index in [1.165, 1.54) is 34.4 Å². The highest BCUT2D eigenvalue weighted by Crippen LogP contribution is 2.32. The smallest absolute Gasteiger partial charge is 0.336 e. The monoisotopic (exact) mass is 726 g/mol. The van der Waals surface area contributed by atoms with Gasteiger partial charge in [-0.1, -0.05) is 35.3 Å². The van der Waals surface area contributed by atoms with Gasteiger partial charge in [-0.25, -0.2) is 19.7 Å². The molecule has 5 rings (SSSR count). The van der Waals surface area contributed by atoms with Crippen LogP contribution >= 0.6 is 23.2 Å². The quantitative estimate of drug-likeness (QED) is 0.208. The number of carboxylic acid groups (broad SMARTS) is 2. The second-order valence-electron chi connectivity index (χ2n) is 13.1. The van der Waals surface area contributed by atoms with Crippen molar-refractivity contribution in [3.05, 3.63) is 92.0 Å². The van der Waals surface area contributed by atoms with E-state index in [2.05, 4.69) is 10.6 Å². The van der Waals surface area contributed by atoms with E-state index in [1.807, 2.05) is 0 Å². The van der Waals surface area contributed by atoms with Gasteiger partial charge in [0, 0.05) is 21.4 Å². The van der Waals surface area contributed by atoms with Crippen LogP contribution in [-0.4, -0.2) is 69.1 Å². The predicted molar refractivity (Wildman–Crippen MR) is 180 cm³/mol. The number of anilines is 2. The van der Waals surface area contributed by atoms with Gasteiger partial charge in [-0.15, -0.1) is 0 Å². The van der Waals surface area contributed by atoms with Crippen molar-refractivity contribution in [2.75, 3.05) is 23.8 Å². The standard InChI is InChI=1S/C34H32Cl2N4O10/c1-33(2)15-49-39(31(33)47)13-17-5-7-19(9-25(17)35)37-27(41)21-11-24(30(45)46)22(12-23(21)29(43)44)28(42)38-20-8-6-18(26(36)10-20)14-40-32(48)34(3,4)16-50-40/h5-12H,13-16H2,1-4H3,(H,37,41)(H,38,42)(H,43,44)(H,45,46). The Morgan fingerprint density at radius 1 is 0.660 bits per heavy atom. The number of carbonyl (C=O) groups is 6. The number of aromatic carboxylic acids is 2. The molecular formula is C34H32Cl2N4O10. The number of nitrogens with one attached hydrogen (secondary N) is 2. The van der Waals surface area contributed by atoms with E-state index in [0.29, 0.717) is 11.1 Å². The molecule has 0 radical (unpaired) electrons. The number of rotatable bonds is 10. The minimum absolute atomic E-state index is 0.0490. The van der Waals surface area contributed by atoms with Crippen molar-refractivity contribution in [1.82, 2.24) is 10.1 Å². The maximum absolute atomic E-state index is 13.3. The first-order valence-electron chi connectivity index (χ1n) is 15.1. The van der Waals surface area contributed by atoms with Crippen LogP contribution in [0.25, 0.3) is 0 Å². The van der Waals surface area contributed by atoms with Crippen molar-refractivity contribution in [1.29, 1.82) is 0 Å². The third-order valence-electron chi connectivity index (χ3n) is 8.13. The van der Waals surface area contributed by atoms with E-state index in [4.69, 9.17) is 32.9 Å². The van der Waals surface area contributed by atoms with Crippen molar-refractivity contribution in [2.45, 2.75) is 40.8 Å². The second-order valence-corrected chi connectivity index (χ2v) is 13.9. The number of nitrogens with zero attached hydrogens (tertiary/aromatic N) is 2. The molecule has 0 bridgehead atoms. The van der Waals surface area contributed by atoms with E-state index < -0.39 is 56.8 Å². The maximum atomic E-state index is 13.3. The molecule has 2 aliphatic rings. The number of carboxylic acids is 2. The molecule has 50 heavy (non-hydrogen) atoms. The van der Waals surface area contributed by atoms with Crippen molar-refractivity contribution in [3.8, 4) is 0 Å². The predicted octanol–water partition coefficient (Wildman–Crippen LogP) is 5.49. The summed E-state index contributed by atoms with van der Waals surface area (Å²) in [4.78, 5) is 87.0. The Morgan fingerprint density at radius 2 is 1.02 bits per heavy atom. The molecule has 2 saturated heterocycles. The summed E-state index contributed by atoms with van der Waals surface area (Å²) in [5.74, 6) is -5.58. The number of hydroxylamine groups is 4. The van der Waals surface area contributed by atoms with E-state index in [-0.39, 0.29) is 59.5 Å². The van der Waals surface area contributed by atoms with E-state index in [1.54, 1.807) is 39.8 Å². The van der Waals surface area contributed by atoms with Crippen molar-refractivity contribution in [2.24, 2.45) is 10.8 Å². The molecule has 2 aliphatic heterocycles. The Morgan fingerprint density at radius 3 is 1.30 bits per heavy atom. The normalized spacial score (nSPS) is 16.4. The Labute approximate surface area is 295 Å². The summed E-state index contributed by atoms with van der Waals surface area (Å²) in [5, 5.41) is 27.6. The van der Waals surface area contributed by atoms with Gasteiger partial charge in [-0.3, -0.25) is 28.9 Å². The molecule has 4 N–H and O–H groups in total. The molecule has 16 heteroatoms. The van der Waals surface area contributed by atoms with Gasteiger partial charge in [-0.05, 0) is 75.2 Å². The molecule has 14 nitrogen and oxygen atoms in total. The molecule has 0 unspecified atom stereocenters. The average molecular weight is 728 g/mol. The first-order valence-corrected chi connectivity index (χ1v) is 15.9. The third-order valence-corrected chi connectivity index (χ3v) is 8.83.